The van der Waals surface area contributed by atoms with Gasteiger partial charge in [-0.15, -0.1) is 0 Å². The molecule has 0 amide bonds. The van der Waals surface area contributed by atoms with Gasteiger partial charge >= 0.3 is 0 Å². The third kappa shape index (κ3) is 3.42. The molecule has 0 aromatic heterocycles. The molecule has 6 nitrogen and oxygen atoms in total. The van der Waals surface area contributed by atoms with E-state index in [0.717, 1.165) is 6.54 Å². The molecule has 6 heteroatoms. The number of hydrogen-bond acceptors (Lipinski definition) is 5. The molecule has 0 unspecified atom stereocenters. The molecule has 0 radical (unpaired) electrons. The molecule has 0 aliphatic heterocycles. The summed E-state index contributed by atoms with van der Waals surface area (Å²) in [6.07, 6.45) is 2.47. The van der Waals surface area contributed by atoms with E-state index < -0.39 is 4.92 Å². The van der Waals surface area contributed by atoms with Crippen molar-refractivity contribution in [1.29, 1.82) is 5.26 Å². The van der Waals surface area contributed by atoms with Gasteiger partial charge in [0.1, 0.15) is 24.0 Å². The highest BCUT2D eigenvalue weighted by molar-refractivity contribution is 5.52. The average Bonchev–Trinajstić information content (AvgIpc) is 3.22. The minimum atomic E-state index is -0.568. The molecule has 100 valence electrons. The molecular formula is C13H15N3O3. The maximum atomic E-state index is 10.8. The Morgan fingerprint density at radius 3 is 2.89 bits per heavy atom. The Hall–Kier alpha value is -2.13. The zero-order valence-electron chi connectivity index (χ0n) is 10.7. The maximum absolute atomic E-state index is 10.8. The molecule has 1 aromatic rings. The van der Waals surface area contributed by atoms with Crippen LogP contribution in [0, 0.1) is 21.4 Å². The Balaban J connectivity index is 1.95. The molecule has 0 spiro atoms. The Labute approximate surface area is 111 Å². The van der Waals surface area contributed by atoms with E-state index in [1.54, 1.807) is 12.1 Å². The van der Waals surface area contributed by atoms with Crippen LogP contribution in [0.5, 0.6) is 5.75 Å². The van der Waals surface area contributed by atoms with Gasteiger partial charge in [0.15, 0.2) is 0 Å². The second-order valence-electron chi connectivity index (χ2n) is 4.61. The molecule has 0 heterocycles. The van der Waals surface area contributed by atoms with Crippen LogP contribution < -0.4 is 4.74 Å². The van der Waals surface area contributed by atoms with E-state index in [1.165, 1.54) is 25.0 Å². The summed E-state index contributed by atoms with van der Waals surface area (Å²) in [5.41, 5.74) is -0.164. The lowest BCUT2D eigenvalue weighted by molar-refractivity contribution is -0.385. The molecule has 1 aromatic carbocycles. The van der Waals surface area contributed by atoms with Crippen molar-refractivity contribution in [3.8, 4) is 11.8 Å². The summed E-state index contributed by atoms with van der Waals surface area (Å²) in [5, 5.41) is 19.6. The SMILES string of the molecule is CN(CCOc1ccc(C#N)c([N+](=O)[O-])c1)C1CC1. The number of nitriles is 1. The fourth-order valence-electron chi connectivity index (χ4n) is 1.85. The lowest BCUT2D eigenvalue weighted by atomic mass is 10.2. The van der Waals surface area contributed by atoms with Crippen LogP contribution in [0.25, 0.3) is 0 Å². The number of benzene rings is 1. The van der Waals surface area contributed by atoms with E-state index in [-0.39, 0.29) is 11.3 Å². The van der Waals surface area contributed by atoms with Crippen LogP contribution in [0.3, 0.4) is 0 Å². The number of ether oxygens (including phenoxy) is 1. The summed E-state index contributed by atoms with van der Waals surface area (Å²) >= 11 is 0. The molecule has 1 aliphatic carbocycles. The van der Waals surface area contributed by atoms with Gasteiger partial charge in [-0.05, 0) is 32.0 Å². The number of nitrogens with zero attached hydrogens (tertiary/aromatic N) is 3. The van der Waals surface area contributed by atoms with Crippen LogP contribution in [0.2, 0.25) is 0 Å². The van der Waals surface area contributed by atoms with E-state index in [9.17, 15) is 10.1 Å². The molecule has 2 rings (SSSR count). The van der Waals surface area contributed by atoms with Crippen LogP contribution in [-0.2, 0) is 0 Å². The number of rotatable bonds is 6. The Bertz CT molecular complexity index is 520. The topological polar surface area (TPSA) is 79.4 Å². The fourth-order valence-corrected chi connectivity index (χ4v) is 1.85. The first-order valence-corrected chi connectivity index (χ1v) is 6.13. The summed E-state index contributed by atoms with van der Waals surface area (Å²) in [4.78, 5) is 12.5. The second-order valence-corrected chi connectivity index (χ2v) is 4.61. The minimum Gasteiger partial charge on any atom is -0.492 e. The Morgan fingerprint density at radius 1 is 1.58 bits per heavy atom. The number of nitro groups is 1. The first kappa shape index (κ1) is 13.3. The quantitative estimate of drug-likeness (QED) is 0.577. The minimum absolute atomic E-state index is 0.0486. The first-order chi connectivity index (χ1) is 9.11. The Morgan fingerprint density at radius 2 is 2.32 bits per heavy atom. The Kier molecular flexibility index (Phi) is 3.97. The van der Waals surface area contributed by atoms with Crippen LogP contribution in [-0.4, -0.2) is 36.1 Å². The van der Waals surface area contributed by atoms with E-state index in [0.29, 0.717) is 18.4 Å². The predicted molar refractivity (Wildman–Crippen MR) is 69.0 cm³/mol. The summed E-state index contributed by atoms with van der Waals surface area (Å²) in [6, 6.07) is 6.76. The lowest BCUT2D eigenvalue weighted by Crippen LogP contribution is -2.26. The van der Waals surface area contributed by atoms with Crippen molar-refractivity contribution >= 4 is 5.69 Å². The summed E-state index contributed by atoms with van der Waals surface area (Å²) in [7, 11) is 2.04. The second kappa shape index (κ2) is 5.67. The van der Waals surface area contributed by atoms with Gasteiger partial charge in [0.25, 0.3) is 5.69 Å². The highest BCUT2D eigenvalue weighted by Crippen LogP contribution is 2.26. The summed E-state index contributed by atoms with van der Waals surface area (Å²) in [6.45, 7) is 1.27. The van der Waals surface area contributed by atoms with Gasteiger partial charge in [0, 0.05) is 12.6 Å². The highest BCUT2D eigenvalue weighted by atomic mass is 16.6. The van der Waals surface area contributed by atoms with Crippen LogP contribution in [0.15, 0.2) is 18.2 Å². The fraction of sp³-hybridized carbons (Fsp3) is 0.462. The van der Waals surface area contributed by atoms with Gasteiger partial charge in [0.2, 0.25) is 0 Å². The van der Waals surface area contributed by atoms with Gasteiger partial charge in [-0.1, -0.05) is 0 Å². The lowest BCUT2D eigenvalue weighted by Gasteiger charge is -2.15. The van der Waals surface area contributed by atoms with Gasteiger partial charge in [-0.2, -0.15) is 5.26 Å². The third-order valence-electron chi connectivity index (χ3n) is 3.17. The average molecular weight is 261 g/mol. The van der Waals surface area contributed by atoms with Crippen molar-refractivity contribution in [3.05, 3.63) is 33.9 Å². The van der Waals surface area contributed by atoms with E-state index in [2.05, 4.69) is 4.90 Å². The largest absolute Gasteiger partial charge is 0.492 e. The number of hydrogen-bond donors (Lipinski definition) is 0. The predicted octanol–water partition coefficient (Wildman–Crippen LogP) is 1.94. The molecule has 0 atom stereocenters. The first-order valence-electron chi connectivity index (χ1n) is 6.13. The van der Waals surface area contributed by atoms with Gasteiger partial charge in [0.05, 0.1) is 11.0 Å². The van der Waals surface area contributed by atoms with E-state index in [4.69, 9.17) is 10.00 Å². The smallest absolute Gasteiger partial charge is 0.290 e. The molecule has 1 aliphatic rings. The monoisotopic (exact) mass is 261 g/mol. The van der Waals surface area contributed by atoms with Crippen LogP contribution in [0.1, 0.15) is 18.4 Å². The maximum Gasteiger partial charge on any atom is 0.290 e. The van der Waals surface area contributed by atoms with Crippen molar-refractivity contribution in [3.63, 3.8) is 0 Å². The molecule has 0 saturated heterocycles. The zero-order chi connectivity index (χ0) is 13.8. The molecule has 19 heavy (non-hydrogen) atoms. The number of nitro benzene ring substituents is 1. The van der Waals surface area contributed by atoms with Crippen molar-refractivity contribution in [2.24, 2.45) is 0 Å². The summed E-state index contributed by atoms with van der Waals surface area (Å²) in [5.74, 6) is 0.426. The van der Waals surface area contributed by atoms with E-state index >= 15 is 0 Å². The van der Waals surface area contributed by atoms with E-state index in [1.807, 2.05) is 7.05 Å². The molecule has 1 saturated carbocycles. The van der Waals surface area contributed by atoms with Crippen molar-refractivity contribution in [1.82, 2.24) is 4.90 Å². The van der Waals surface area contributed by atoms with Crippen molar-refractivity contribution in [2.75, 3.05) is 20.2 Å². The van der Waals surface area contributed by atoms with Gasteiger partial charge in [-0.3, -0.25) is 10.1 Å². The van der Waals surface area contributed by atoms with Crippen LogP contribution >= 0.6 is 0 Å². The zero-order valence-corrected chi connectivity index (χ0v) is 10.7. The molecule has 0 bridgehead atoms. The highest BCUT2D eigenvalue weighted by Gasteiger charge is 2.25. The third-order valence-corrected chi connectivity index (χ3v) is 3.17. The van der Waals surface area contributed by atoms with Gasteiger partial charge in [-0.25, -0.2) is 0 Å². The standard InChI is InChI=1S/C13H15N3O3/c1-15(11-3-4-11)6-7-19-12-5-2-10(9-14)13(8-12)16(17)18/h2,5,8,11H,3-4,6-7H2,1H3. The van der Waals surface area contributed by atoms with Crippen molar-refractivity contribution in [2.45, 2.75) is 18.9 Å². The van der Waals surface area contributed by atoms with Gasteiger partial charge < -0.3 is 9.64 Å². The molecule has 0 N–H and O–H groups in total. The molecular weight excluding hydrogens is 246 g/mol. The summed E-state index contributed by atoms with van der Waals surface area (Å²) < 4.78 is 5.49. The van der Waals surface area contributed by atoms with Crippen LogP contribution in [0.4, 0.5) is 5.69 Å². The van der Waals surface area contributed by atoms with Crippen molar-refractivity contribution < 1.29 is 9.66 Å². The normalized spacial score (nSPS) is 14.2. The number of likely N-dealkylation sites (N-methyl/N-ethyl adjacent to an activating group) is 1. The molecule has 1 fully saturated rings.